The van der Waals surface area contributed by atoms with Crippen LogP contribution in [-0.2, 0) is 20.9 Å². The summed E-state index contributed by atoms with van der Waals surface area (Å²) >= 11 is 0. The molecule has 0 saturated carbocycles. The third-order valence-electron chi connectivity index (χ3n) is 6.63. The first-order valence-electron chi connectivity index (χ1n) is 11.4. The van der Waals surface area contributed by atoms with E-state index in [0.29, 0.717) is 31.5 Å². The van der Waals surface area contributed by atoms with Crippen LogP contribution in [0.5, 0.6) is 0 Å². The fraction of sp³-hybridized carbons (Fsp3) is 0.308. The Morgan fingerprint density at radius 1 is 0.943 bits per heavy atom. The van der Waals surface area contributed by atoms with Gasteiger partial charge in [0.2, 0.25) is 0 Å². The third-order valence-corrected chi connectivity index (χ3v) is 6.63. The highest BCUT2D eigenvalue weighted by atomic mass is 16.4. The maximum absolute atomic E-state index is 13.6. The Bertz CT molecular complexity index is 1150. The largest absolute Gasteiger partial charge is 0.511 e. The van der Waals surface area contributed by atoms with E-state index in [2.05, 4.69) is 5.32 Å². The summed E-state index contributed by atoms with van der Waals surface area (Å²) in [6, 6.07) is 18.3. The van der Waals surface area contributed by atoms with E-state index in [0.717, 1.165) is 5.56 Å². The van der Waals surface area contributed by atoms with Crippen molar-refractivity contribution in [2.45, 2.75) is 31.3 Å². The molecule has 2 aliphatic heterocycles. The molecule has 0 aliphatic carbocycles. The molecule has 182 valence electrons. The van der Waals surface area contributed by atoms with Gasteiger partial charge in [-0.05, 0) is 30.5 Å². The quantitative estimate of drug-likeness (QED) is 0.547. The molecule has 0 radical (unpaired) electrons. The summed E-state index contributed by atoms with van der Waals surface area (Å²) < 4.78 is 0. The van der Waals surface area contributed by atoms with Crippen molar-refractivity contribution in [3.63, 3.8) is 0 Å². The van der Waals surface area contributed by atoms with Crippen LogP contribution < -0.4 is 5.32 Å². The van der Waals surface area contributed by atoms with Crippen LogP contribution >= 0.6 is 0 Å². The van der Waals surface area contributed by atoms with Gasteiger partial charge in [-0.15, -0.1) is 0 Å². The van der Waals surface area contributed by atoms with Gasteiger partial charge >= 0.3 is 5.97 Å². The maximum Gasteiger partial charge on any atom is 0.322 e. The molecule has 0 bridgehead atoms. The van der Waals surface area contributed by atoms with Crippen LogP contribution in [0, 0.1) is 0 Å². The molecule has 2 aliphatic rings. The molecule has 0 aromatic heterocycles. The van der Waals surface area contributed by atoms with Crippen LogP contribution in [0.2, 0.25) is 0 Å². The highest BCUT2D eigenvalue weighted by Gasteiger charge is 2.49. The van der Waals surface area contributed by atoms with Crippen molar-refractivity contribution in [3.8, 4) is 0 Å². The van der Waals surface area contributed by atoms with Crippen molar-refractivity contribution in [1.29, 1.82) is 0 Å². The summed E-state index contributed by atoms with van der Waals surface area (Å²) in [5.74, 6) is -3.27. The minimum absolute atomic E-state index is 0.0504. The number of aliphatic carboxylic acids is 1. The van der Waals surface area contributed by atoms with Crippen LogP contribution in [0.25, 0.3) is 0 Å². The highest BCUT2D eigenvalue weighted by molar-refractivity contribution is 6.19. The molecular weight excluding hydrogens is 450 g/mol. The second-order valence-corrected chi connectivity index (χ2v) is 8.83. The van der Waals surface area contributed by atoms with Gasteiger partial charge in [0, 0.05) is 31.6 Å². The molecular formula is C26H27N3O6. The van der Waals surface area contributed by atoms with Crippen LogP contribution in [0.4, 0.5) is 0 Å². The number of aliphatic hydroxyl groups is 1. The molecule has 1 saturated heterocycles. The minimum atomic E-state index is -1.25. The highest BCUT2D eigenvalue weighted by Crippen LogP contribution is 2.41. The average Bonchev–Trinajstić information content (AvgIpc) is 2.86. The summed E-state index contributed by atoms with van der Waals surface area (Å²) in [6.45, 7) is 0.332. The Morgan fingerprint density at radius 2 is 1.54 bits per heavy atom. The molecule has 3 N–H and O–H groups in total. The number of nitrogens with zero attached hydrogens (tertiary/aromatic N) is 2. The van der Waals surface area contributed by atoms with Crippen LogP contribution in [-0.4, -0.2) is 68.9 Å². The summed E-state index contributed by atoms with van der Waals surface area (Å²) in [4.78, 5) is 53.3. The Hall–Kier alpha value is -4.14. The molecule has 1 fully saturated rings. The van der Waals surface area contributed by atoms with E-state index < -0.39 is 35.4 Å². The summed E-state index contributed by atoms with van der Waals surface area (Å²) in [5.41, 5.74) is 0.232. The van der Waals surface area contributed by atoms with E-state index in [1.807, 2.05) is 36.4 Å². The third kappa shape index (κ3) is 5.03. The zero-order valence-corrected chi connectivity index (χ0v) is 19.1. The van der Waals surface area contributed by atoms with Gasteiger partial charge in [-0.25, -0.2) is 0 Å². The molecule has 2 aromatic carbocycles. The lowest BCUT2D eigenvalue weighted by molar-refractivity contribution is -0.143. The van der Waals surface area contributed by atoms with E-state index in [1.165, 1.54) is 0 Å². The summed E-state index contributed by atoms with van der Waals surface area (Å²) in [7, 11) is 0. The summed E-state index contributed by atoms with van der Waals surface area (Å²) in [5, 5.41) is 21.8. The monoisotopic (exact) mass is 477 g/mol. The smallest absolute Gasteiger partial charge is 0.322 e. The Morgan fingerprint density at radius 3 is 2.14 bits per heavy atom. The molecule has 4 rings (SSSR count). The molecule has 9 heteroatoms. The molecule has 2 aromatic rings. The van der Waals surface area contributed by atoms with E-state index in [1.54, 1.807) is 34.1 Å². The fourth-order valence-electron chi connectivity index (χ4n) is 4.78. The molecule has 1 spiro atoms. The van der Waals surface area contributed by atoms with Gasteiger partial charge in [-0.3, -0.25) is 19.2 Å². The number of carboxylic acids is 1. The average molecular weight is 478 g/mol. The molecule has 2 heterocycles. The van der Waals surface area contributed by atoms with Gasteiger partial charge in [-0.1, -0.05) is 48.5 Å². The van der Waals surface area contributed by atoms with Crippen molar-refractivity contribution in [3.05, 3.63) is 83.1 Å². The molecule has 0 atom stereocenters. The molecule has 0 unspecified atom stereocenters. The number of piperidine rings is 1. The number of likely N-dealkylation sites (tertiary alicyclic amines) is 1. The van der Waals surface area contributed by atoms with Crippen LogP contribution in [0.1, 0.15) is 35.2 Å². The zero-order chi connectivity index (χ0) is 25.0. The lowest BCUT2D eigenvalue weighted by atomic mass is 9.77. The lowest BCUT2D eigenvalue weighted by Gasteiger charge is -2.51. The number of aliphatic hydroxyl groups excluding tert-OH is 1. The van der Waals surface area contributed by atoms with Gasteiger partial charge in [0.25, 0.3) is 17.7 Å². The topological polar surface area (TPSA) is 127 Å². The number of carbonyl (C=O) groups excluding carboxylic acids is 3. The first kappa shape index (κ1) is 24.0. The van der Waals surface area contributed by atoms with Gasteiger partial charge < -0.3 is 25.3 Å². The number of hydrogen-bond acceptors (Lipinski definition) is 5. The van der Waals surface area contributed by atoms with Crippen LogP contribution in [0.3, 0.4) is 0 Å². The number of rotatable bonds is 6. The first-order valence-corrected chi connectivity index (χ1v) is 11.4. The van der Waals surface area contributed by atoms with Gasteiger partial charge in [0.1, 0.15) is 17.9 Å². The van der Waals surface area contributed by atoms with Crippen molar-refractivity contribution in [2.75, 3.05) is 19.6 Å². The van der Waals surface area contributed by atoms with E-state index >= 15 is 0 Å². The SMILES string of the molecule is O=C(O)CNC(=O)C1=C(O)CC2(CCN(C(=O)c3ccccc3)CC2)N(Cc2ccccc2)C1=O. The predicted molar refractivity (Wildman–Crippen MR) is 126 cm³/mol. The second kappa shape index (κ2) is 10.0. The van der Waals surface area contributed by atoms with Gasteiger partial charge in [0.05, 0.1) is 5.54 Å². The Kier molecular flexibility index (Phi) is 6.86. The van der Waals surface area contributed by atoms with E-state index in [9.17, 15) is 24.3 Å². The number of carbonyl (C=O) groups is 4. The van der Waals surface area contributed by atoms with Crippen molar-refractivity contribution in [2.24, 2.45) is 0 Å². The second-order valence-electron chi connectivity index (χ2n) is 8.83. The normalized spacial score (nSPS) is 17.4. The van der Waals surface area contributed by atoms with Crippen molar-refractivity contribution < 1.29 is 29.4 Å². The number of benzene rings is 2. The Labute approximate surface area is 202 Å². The van der Waals surface area contributed by atoms with Crippen LogP contribution in [0.15, 0.2) is 72.0 Å². The number of carboxylic acid groups (broad SMARTS) is 1. The molecule has 9 nitrogen and oxygen atoms in total. The van der Waals surface area contributed by atoms with E-state index in [-0.39, 0.29) is 24.6 Å². The molecule has 3 amide bonds. The van der Waals surface area contributed by atoms with Crippen molar-refractivity contribution in [1.82, 2.24) is 15.1 Å². The number of nitrogens with one attached hydrogen (secondary N) is 1. The standard InChI is InChI=1S/C26H27N3O6/c30-20-15-26(11-13-28(14-12-26)24(34)19-9-5-2-6-10-19)29(17-18-7-3-1-4-8-18)25(35)22(20)23(33)27-16-21(31)32/h1-10,30H,11-17H2,(H,27,33)(H,31,32). The van der Waals surface area contributed by atoms with Crippen molar-refractivity contribution >= 4 is 23.7 Å². The zero-order valence-electron chi connectivity index (χ0n) is 19.1. The van der Waals surface area contributed by atoms with E-state index in [4.69, 9.17) is 5.11 Å². The lowest BCUT2D eigenvalue weighted by Crippen LogP contribution is -2.61. The van der Waals surface area contributed by atoms with Gasteiger partial charge in [0.15, 0.2) is 0 Å². The number of amides is 3. The fourth-order valence-corrected chi connectivity index (χ4v) is 4.78. The first-order chi connectivity index (χ1) is 16.8. The Balaban J connectivity index is 1.60. The number of hydrogen-bond donors (Lipinski definition) is 3. The molecule has 35 heavy (non-hydrogen) atoms. The minimum Gasteiger partial charge on any atom is -0.511 e. The summed E-state index contributed by atoms with van der Waals surface area (Å²) in [6.07, 6.45) is 0.908. The maximum atomic E-state index is 13.6. The predicted octanol–water partition coefficient (Wildman–Crippen LogP) is 2.11. The van der Waals surface area contributed by atoms with Gasteiger partial charge in [-0.2, -0.15) is 0 Å².